The minimum atomic E-state index is -0.479. The maximum atomic E-state index is 13.3. The summed E-state index contributed by atoms with van der Waals surface area (Å²) >= 11 is 1.74. The molecule has 2 amide bonds. The molecule has 3 rings (SSSR count). The molecule has 26 heavy (non-hydrogen) atoms. The molecule has 2 fully saturated rings. The maximum Gasteiger partial charge on any atom is 0.267 e. The van der Waals surface area contributed by atoms with Crippen molar-refractivity contribution in [1.29, 1.82) is 0 Å². The molecule has 6 heteroatoms. The molecule has 0 radical (unpaired) electrons. The lowest BCUT2D eigenvalue weighted by Gasteiger charge is -2.35. The van der Waals surface area contributed by atoms with Crippen molar-refractivity contribution in [2.24, 2.45) is 5.92 Å². The fourth-order valence-corrected chi connectivity index (χ4v) is 5.46. The molecule has 0 bridgehead atoms. The number of hydroxylamine groups is 1. The number of hydrogen-bond acceptors (Lipinski definition) is 4. The first-order chi connectivity index (χ1) is 12.6. The number of nitrogens with one attached hydrogen (secondary N) is 1. The number of carbonyl (C=O) groups is 2. The first-order valence-electron chi connectivity index (χ1n) is 9.54. The Morgan fingerprint density at radius 3 is 2.54 bits per heavy atom. The van der Waals surface area contributed by atoms with E-state index in [1.165, 1.54) is 19.3 Å². The standard InChI is InChI=1S/C20H28N2O3S/c1-3-25-21-18(23)17-13-26-20(16-7-5-4-6-8-16)22(17)19(24)15-11-9-14(2)10-12-15/h9-12,16-17,20H,3-8,13H2,1-2H3,(H,21,23)/t17-,20-/m1/s1. The van der Waals surface area contributed by atoms with Gasteiger partial charge in [-0.15, -0.1) is 11.8 Å². The average molecular weight is 377 g/mol. The Bertz CT molecular complexity index is 628. The summed E-state index contributed by atoms with van der Waals surface area (Å²) in [5.41, 5.74) is 4.26. The first kappa shape index (κ1) is 19.2. The molecule has 142 valence electrons. The summed E-state index contributed by atoms with van der Waals surface area (Å²) in [6.45, 7) is 4.23. The summed E-state index contributed by atoms with van der Waals surface area (Å²) in [6.07, 6.45) is 5.96. The summed E-state index contributed by atoms with van der Waals surface area (Å²) in [5.74, 6) is 0.811. The Labute approximate surface area is 159 Å². The quantitative estimate of drug-likeness (QED) is 0.799. The van der Waals surface area contributed by atoms with Crippen LogP contribution in [-0.4, -0.2) is 40.5 Å². The third-order valence-electron chi connectivity index (χ3n) is 5.24. The lowest BCUT2D eigenvalue weighted by atomic mass is 9.88. The molecule has 1 heterocycles. The fourth-order valence-electron chi connectivity index (χ4n) is 3.83. The SMILES string of the molecule is CCONC(=O)[C@H]1CS[C@H](C2CCCCC2)N1C(=O)c1ccc(C)cc1. The average Bonchev–Trinajstić information content (AvgIpc) is 3.12. The number of hydrogen-bond donors (Lipinski definition) is 1. The molecule has 1 aliphatic heterocycles. The van der Waals surface area contributed by atoms with Crippen LogP contribution in [0.4, 0.5) is 0 Å². The van der Waals surface area contributed by atoms with Crippen molar-refractivity contribution in [2.75, 3.05) is 12.4 Å². The van der Waals surface area contributed by atoms with E-state index in [0.717, 1.165) is 18.4 Å². The van der Waals surface area contributed by atoms with Gasteiger partial charge in [0.05, 0.1) is 12.0 Å². The van der Waals surface area contributed by atoms with E-state index in [0.29, 0.717) is 23.8 Å². The number of nitrogens with zero attached hydrogens (tertiary/aromatic N) is 1. The normalized spacial score (nSPS) is 23.8. The highest BCUT2D eigenvalue weighted by Crippen LogP contribution is 2.41. The molecule has 5 nitrogen and oxygen atoms in total. The zero-order chi connectivity index (χ0) is 18.5. The predicted molar refractivity (Wildman–Crippen MR) is 104 cm³/mol. The van der Waals surface area contributed by atoms with Crippen LogP contribution in [0.25, 0.3) is 0 Å². The van der Waals surface area contributed by atoms with Gasteiger partial charge in [-0.1, -0.05) is 37.0 Å². The molecule has 1 saturated heterocycles. The van der Waals surface area contributed by atoms with E-state index in [9.17, 15) is 9.59 Å². The number of benzene rings is 1. The molecule has 1 aliphatic carbocycles. The van der Waals surface area contributed by atoms with Gasteiger partial charge in [0.1, 0.15) is 6.04 Å². The minimum absolute atomic E-state index is 0.0535. The molecular formula is C20H28N2O3S. The zero-order valence-electron chi connectivity index (χ0n) is 15.6. The molecule has 1 saturated carbocycles. The summed E-state index contributed by atoms with van der Waals surface area (Å²) < 4.78 is 0. The summed E-state index contributed by atoms with van der Waals surface area (Å²) in [4.78, 5) is 32.8. The number of thioether (sulfide) groups is 1. The second kappa shape index (κ2) is 8.91. The number of amides is 2. The fraction of sp³-hybridized carbons (Fsp3) is 0.600. The van der Waals surface area contributed by atoms with Gasteiger partial charge in [-0.05, 0) is 44.7 Å². The highest BCUT2D eigenvalue weighted by Gasteiger charge is 2.45. The smallest absolute Gasteiger partial charge is 0.267 e. The summed E-state index contributed by atoms with van der Waals surface area (Å²) in [5, 5.41) is 0.0708. The topological polar surface area (TPSA) is 58.6 Å². The van der Waals surface area contributed by atoms with Gasteiger partial charge in [-0.25, -0.2) is 5.48 Å². The maximum absolute atomic E-state index is 13.3. The molecule has 1 N–H and O–H groups in total. The van der Waals surface area contributed by atoms with Crippen molar-refractivity contribution in [1.82, 2.24) is 10.4 Å². The van der Waals surface area contributed by atoms with Gasteiger partial charge in [-0.3, -0.25) is 14.4 Å². The Hall–Kier alpha value is -1.53. The zero-order valence-corrected chi connectivity index (χ0v) is 16.4. The van der Waals surface area contributed by atoms with Gasteiger partial charge in [-0.2, -0.15) is 0 Å². The van der Waals surface area contributed by atoms with Crippen LogP contribution in [0.5, 0.6) is 0 Å². The predicted octanol–water partition coefficient (Wildman–Crippen LogP) is 3.53. The van der Waals surface area contributed by atoms with Crippen molar-refractivity contribution in [3.63, 3.8) is 0 Å². The van der Waals surface area contributed by atoms with E-state index in [1.54, 1.807) is 11.8 Å². The van der Waals surface area contributed by atoms with Crippen LogP contribution in [-0.2, 0) is 9.63 Å². The Morgan fingerprint density at radius 2 is 1.88 bits per heavy atom. The number of carbonyl (C=O) groups excluding carboxylic acids is 2. The van der Waals surface area contributed by atoms with Crippen LogP contribution >= 0.6 is 11.8 Å². The lowest BCUT2D eigenvalue weighted by molar-refractivity contribution is -0.137. The van der Waals surface area contributed by atoms with E-state index < -0.39 is 6.04 Å². The van der Waals surface area contributed by atoms with Gasteiger partial charge < -0.3 is 4.90 Å². The van der Waals surface area contributed by atoms with Gasteiger partial charge >= 0.3 is 0 Å². The van der Waals surface area contributed by atoms with Gasteiger partial charge in [0.25, 0.3) is 11.8 Å². The summed E-state index contributed by atoms with van der Waals surface area (Å²) in [6, 6.07) is 7.13. The number of aryl methyl sites for hydroxylation is 1. The van der Waals surface area contributed by atoms with E-state index in [2.05, 4.69) is 5.48 Å². The van der Waals surface area contributed by atoms with Crippen molar-refractivity contribution >= 4 is 23.6 Å². The van der Waals surface area contributed by atoms with Crippen LogP contribution in [0.15, 0.2) is 24.3 Å². The second-order valence-electron chi connectivity index (χ2n) is 7.12. The highest BCUT2D eigenvalue weighted by atomic mass is 32.2. The largest absolute Gasteiger partial charge is 0.313 e. The Balaban J connectivity index is 1.84. The van der Waals surface area contributed by atoms with E-state index >= 15 is 0 Å². The molecule has 0 aromatic heterocycles. The minimum Gasteiger partial charge on any atom is -0.313 e. The summed E-state index contributed by atoms with van der Waals surface area (Å²) in [7, 11) is 0. The van der Waals surface area contributed by atoms with Gasteiger partial charge in [0, 0.05) is 11.3 Å². The lowest BCUT2D eigenvalue weighted by Crippen LogP contribution is -2.51. The molecule has 0 spiro atoms. The van der Waals surface area contributed by atoms with Gasteiger partial charge in [0.2, 0.25) is 0 Å². The third-order valence-corrected chi connectivity index (χ3v) is 6.70. The molecule has 0 unspecified atom stereocenters. The van der Waals surface area contributed by atoms with Crippen molar-refractivity contribution in [2.45, 2.75) is 57.4 Å². The Morgan fingerprint density at radius 1 is 1.19 bits per heavy atom. The van der Waals surface area contributed by atoms with E-state index in [1.807, 2.05) is 43.0 Å². The van der Waals surface area contributed by atoms with Crippen molar-refractivity contribution < 1.29 is 14.4 Å². The second-order valence-corrected chi connectivity index (χ2v) is 8.27. The first-order valence-corrected chi connectivity index (χ1v) is 10.6. The molecular weight excluding hydrogens is 348 g/mol. The van der Waals surface area contributed by atoms with Crippen molar-refractivity contribution in [3.8, 4) is 0 Å². The molecule has 2 atom stereocenters. The number of rotatable bonds is 5. The van der Waals surface area contributed by atoms with Crippen LogP contribution < -0.4 is 5.48 Å². The van der Waals surface area contributed by atoms with Crippen LogP contribution in [0.1, 0.15) is 54.9 Å². The molecule has 1 aromatic carbocycles. The Kier molecular flexibility index (Phi) is 6.59. The van der Waals surface area contributed by atoms with Crippen molar-refractivity contribution in [3.05, 3.63) is 35.4 Å². The van der Waals surface area contributed by atoms with Crippen LogP contribution in [0, 0.1) is 12.8 Å². The van der Waals surface area contributed by atoms with E-state index in [4.69, 9.17) is 4.84 Å². The molecule has 2 aliphatic rings. The monoisotopic (exact) mass is 376 g/mol. The van der Waals surface area contributed by atoms with Crippen LogP contribution in [0.2, 0.25) is 0 Å². The van der Waals surface area contributed by atoms with Gasteiger partial charge in [0.15, 0.2) is 0 Å². The highest BCUT2D eigenvalue weighted by molar-refractivity contribution is 8.00. The van der Waals surface area contributed by atoms with Crippen LogP contribution in [0.3, 0.4) is 0 Å². The molecule has 1 aromatic rings. The van der Waals surface area contributed by atoms with E-state index in [-0.39, 0.29) is 17.2 Å². The third kappa shape index (κ3) is 4.23.